The Labute approximate surface area is 123 Å². The molecule has 0 spiro atoms. The molecule has 2 heteroatoms. The van der Waals surface area contributed by atoms with Gasteiger partial charge in [0, 0.05) is 37.3 Å². The summed E-state index contributed by atoms with van der Waals surface area (Å²) in [5, 5.41) is 3.80. The number of rotatable bonds is 6. The lowest BCUT2D eigenvalue weighted by Gasteiger charge is -2.41. The Hall–Kier alpha value is -1.02. The van der Waals surface area contributed by atoms with Gasteiger partial charge in [-0.25, -0.2) is 0 Å². The molecular formula is C18H28N2. The van der Waals surface area contributed by atoms with Gasteiger partial charge in [-0.2, -0.15) is 0 Å². The minimum atomic E-state index is 0.491. The van der Waals surface area contributed by atoms with E-state index in [1.54, 1.807) is 0 Å². The maximum Gasteiger partial charge on any atom is 0.0363 e. The van der Waals surface area contributed by atoms with E-state index >= 15 is 0 Å². The number of anilines is 1. The summed E-state index contributed by atoms with van der Waals surface area (Å²) in [6, 6.07) is 11.7. The van der Waals surface area contributed by atoms with Crippen LogP contribution in [0.4, 0.5) is 5.69 Å². The maximum atomic E-state index is 3.80. The number of benzene rings is 1. The van der Waals surface area contributed by atoms with Crippen LogP contribution in [0.15, 0.2) is 30.3 Å². The Morgan fingerprint density at radius 1 is 1.10 bits per heavy atom. The lowest BCUT2D eigenvalue weighted by Crippen LogP contribution is -2.45. The molecule has 0 aromatic heterocycles. The van der Waals surface area contributed by atoms with Crippen molar-refractivity contribution < 1.29 is 0 Å². The molecule has 2 fully saturated rings. The van der Waals surface area contributed by atoms with Gasteiger partial charge in [0.25, 0.3) is 0 Å². The fraction of sp³-hybridized carbons (Fsp3) is 0.667. The first kappa shape index (κ1) is 13.9. The van der Waals surface area contributed by atoms with Crippen LogP contribution in [0.25, 0.3) is 0 Å². The molecule has 1 N–H and O–H groups in total. The zero-order valence-electron chi connectivity index (χ0n) is 12.8. The van der Waals surface area contributed by atoms with Crippen molar-refractivity contribution in [2.24, 2.45) is 5.41 Å². The molecule has 0 bridgehead atoms. The molecule has 2 aliphatic rings. The van der Waals surface area contributed by atoms with E-state index in [0.29, 0.717) is 5.41 Å². The quantitative estimate of drug-likeness (QED) is 0.847. The number of hydrogen-bond donors (Lipinski definition) is 1. The van der Waals surface area contributed by atoms with Crippen LogP contribution >= 0.6 is 0 Å². The third-order valence-electron chi connectivity index (χ3n) is 5.03. The van der Waals surface area contributed by atoms with Crippen molar-refractivity contribution in [2.75, 3.05) is 25.0 Å². The van der Waals surface area contributed by atoms with Crippen molar-refractivity contribution in [1.82, 2.24) is 5.32 Å². The SMILES string of the molecule is CN(CC1(CNC2CC2)CCCCC1)c1ccccc1. The van der Waals surface area contributed by atoms with Crippen molar-refractivity contribution in [3.05, 3.63) is 30.3 Å². The monoisotopic (exact) mass is 272 g/mol. The summed E-state index contributed by atoms with van der Waals surface area (Å²) in [5.41, 5.74) is 1.84. The van der Waals surface area contributed by atoms with Gasteiger partial charge in [-0.1, -0.05) is 37.5 Å². The molecule has 0 radical (unpaired) electrons. The van der Waals surface area contributed by atoms with Crippen LogP contribution in [0, 0.1) is 5.41 Å². The highest BCUT2D eigenvalue weighted by atomic mass is 15.1. The van der Waals surface area contributed by atoms with Gasteiger partial charge in [0.15, 0.2) is 0 Å². The molecule has 3 rings (SSSR count). The van der Waals surface area contributed by atoms with E-state index in [0.717, 1.165) is 6.04 Å². The van der Waals surface area contributed by atoms with E-state index in [1.807, 2.05) is 0 Å². The molecule has 2 aliphatic carbocycles. The predicted octanol–water partition coefficient (Wildman–Crippen LogP) is 3.83. The largest absolute Gasteiger partial charge is 0.374 e. The van der Waals surface area contributed by atoms with E-state index in [1.165, 1.54) is 63.7 Å². The normalized spacial score (nSPS) is 21.6. The number of hydrogen-bond acceptors (Lipinski definition) is 2. The fourth-order valence-electron chi connectivity index (χ4n) is 3.62. The van der Waals surface area contributed by atoms with Gasteiger partial charge in [0.05, 0.1) is 0 Å². The van der Waals surface area contributed by atoms with Gasteiger partial charge < -0.3 is 10.2 Å². The Bertz CT molecular complexity index is 405. The maximum absolute atomic E-state index is 3.80. The van der Waals surface area contributed by atoms with E-state index in [-0.39, 0.29) is 0 Å². The van der Waals surface area contributed by atoms with Crippen LogP contribution in [0.3, 0.4) is 0 Å². The molecule has 1 aromatic rings. The summed E-state index contributed by atoms with van der Waals surface area (Å²) in [4.78, 5) is 2.46. The highest BCUT2D eigenvalue weighted by molar-refractivity contribution is 5.45. The van der Waals surface area contributed by atoms with Crippen molar-refractivity contribution in [3.8, 4) is 0 Å². The van der Waals surface area contributed by atoms with Gasteiger partial charge >= 0.3 is 0 Å². The first-order chi connectivity index (χ1) is 9.77. The van der Waals surface area contributed by atoms with Crippen molar-refractivity contribution >= 4 is 5.69 Å². The standard InChI is InChI=1S/C18H28N2/c1-20(17-8-4-2-5-9-17)15-18(12-6-3-7-13-18)14-19-16-10-11-16/h2,4-5,8-9,16,19H,3,6-7,10-15H2,1H3. The minimum absolute atomic E-state index is 0.491. The third kappa shape index (κ3) is 3.54. The Morgan fingerprint density at radius 2 is 1.80 bits per heavy atom. The van der Waals surface area contributed by atoms with E-state index in [4.69, 9.17) is 0 Å². The summed E-state index contributed by atoms with van der Waals surface area (Å²) in [6.45, 7) is 2.41. The molecule has 0 amide bonds. The first-order valence-electron chi connectivity index (χ1n) is 8.27. The lowest BCUT2D eigenvalue weighted by atomic mass is 9.73. The second kappa shape index (κ2) is 6.17. The number of nitrogens with one attached hydrogen (secondary N) is 1. The van der Waals surface area contributed by atoms with Crippen LogP contribution in [0.5, 0.6) is 0 Å². The molecule has 0 aliphatic heterocycles. The van der Waals surface area contributed by atoms with Gasteiger partial charge in [-0.15, -0.1) is 0 Å². The number of nitrogens with zero attached hydrogens (tertiary/aromatic N) is 1. The molecule has 0 atom stereocenters. The second-order valence-corrected chi connectivity index (χ2v) is 6.91. The average molecular weight is 272 g/mol. The zero-order valence-corrected chi connectivity index (χ0v) is 12.8. The number of para-hydroxylation sites is 1. The summed E-state index contributed by atoms with van der Waals surface area (Å²) in [7, 11) is 2.25. The Kier molecular flexibility index (Phi) is 4.30. The first-order valence-corrected chi connectivity index (χ1v) is 8.27. The van der Waals surface area contributed by atoms with Gasteiger partial charge in [-0.05, 0) is 37.8 Å². The zero-order chi connectivity index (χ0) is 13.8. The molecule has 2 nitrogen and oxygen atoms in total. The van der Waals surface area contributed by atoms with Crippen molar-refractivity contribution in [3.63, 3.8) is 0 Å². The van der Waals surface area contributed by atoms with Crippen LogP contribution in [-0.4, -0.2) is 26.2 Å². The van der Waals surface area contributed by atoms with Crippen molar-refractivity contribution in [2.45, 2.75) is 51.0 Å². The Balaban J connectivity index is 1.65. The van der Waals surface area contributed by atoms with Gasteiger partial charge in [-0.3, -0.25) is 0 Å². The minimum Gasteiger partial charge on any atom is -0.374 e. The van der Waals surface area contributed by atoms with Crippen LogP contribution in [0.1, 0.15) is 44.9 Å². The van der Waals surface area contributed by atoms with Gasteiger partial charge in [0.1, 0.15) is 0 Å². The second-order valence-electron chi connectivity index (χ2n) is 6.91. The van der Waals surface area contributed by atoms with E-state index < -0.39 is 0 Å². The molecule has 0 saturated heterocycles. The summed E-state index contributed by atoms with van der Waals surface area (Å²) < 4.78 is 0. The van der Waals surface area contributed by atoms with Gasteiger partial charge in [0.2, 0.25) is 0 Å². The molecule has 20 heavy (non-hydrogen) atoms. The molecular weight excluding hydrogens is 244 g/mol. The smallest absolute Gasteiger partial charge is 0.0363 e. The molecule has 2 saturated carbocycles. The van der Waals surface area contributed by atoms with Crippen LogP contribution in [-0.2, 0) is 0 Å². The van der Waals surface area contributed by atoms with Crippen LogP contribution in [0.2, 0.25) is 0 Å². The summed E-state index contributed by atoms with van der Waals surface area (Å²) in [6.07, 6.45) is 9.83. The average Bonchev–Trinajstić information content (AvgIpc) is 3.31. The predicted molar refractivity (Wildman–Crippen MR) is 86.3 cm³/mol. The summed E-state index contributed by atoms with van der Waals surface area (Å²) >= 11 is 0. The molecule has 1 aromatic carbocycles. The fourth-order valence-corrected chi connectivity index (χ4v) is 3.62. The van der Waals surface area contributed by atoms with Crippen LogP contribution < -0.4 is 10.2 Å². The third-order valence-corrected chi connectivity index (χ3v) is 5.03. The topological polar surface area (TPSA) is 15.3 Å². The molecule has 0 unspecified atom stereocenters. The van der Waals surface area contributed by atoms with E-state index in [9.17, 15) is 0 Å². The van der Waals surface area contributed by atoms with Crippen molar-refractivity contribution in [1.29, 1.82) is 0 Å². The molecule has 0 heterocycles. The highest BCUT2D eigenvalue weighted by Crippen LogP contribution is 2.38. The highest BCUT2D eigenvalue weighted by Gasteiger charge is 2.35. The lowest BCUT2D eigenvalue weighted by molar-refractivity contribution is 0.188. The molecule has 110 valence electrons. The Morgan fingerprint density at radius 3 is 2.45 bits per heavy atom. The van der Waals surface area contributed by atoms with E-state index in [2.05, 4.69) is 47.6 Å². The summed E-state index contributed by atoms with van der Waals surface area (Å²) in [5.74, 6) is 0.